The Kier molecular flexibility index (Phi) is 8.00. The number of tetrazole rings is 1. The molecule has 2 heterocycles. The lowest BCUT2D eigenvalue weighted by Gasteiger charge is -2.32. The summed E-state index contributed by atoms with van der Waals surface area (Å²) >= 11 is 6.19. The Morgan fingerprint density at radius 1 is 1.17 bits per heavy atom. The predicted octanol–water partition coefficient (Wildman–Crippen LogP) is 3.47. The first-order valence-electron chi connectivity index (χ1n) is 11.8. The smallest absolute Gasteiger partial charge is 0.257 e. The number of aromatic nitrogens is 4. The molecule has 1 aliphatic rings. The molecule has 0 radical (unpaired) electrons. The number of halogens is 1. The summed E-state index contributed by atoms with van der Waals surface area (Å²) in [6.45, 7) is 3.33. The van der Waals surface area contributed by atoms with Crippen molar-refractivity contribution in [2.75, 3.05) is 27.2 Å². The molecule has 4 rings (SSSR count). The number of amides is 2. The lowest BCUT2D eigenvalue weighted by molar-refractivity contribution is -0.127. The van der Waals surface area contributed by atoms with Gasteiger partial charge in [0.25, 0.3) is 5.91 Å². The van der Waals surface area contributed by atoms with E-state index in [1.54, 1.807) is 45.3 Å². The number of carbonyl (C=O) groups is 2. The monoisotopic (exact) mass is 508 g/mol. The molecule has 1 saturated heterocycles. The van der Waals surface area contributed by atoms with Crippen LogP contribution >= 0.6 is 11.6 Å². The molecule has 2 aromatic carbocycles. The third kappa shape index (κ3) is 6.28. The molecule has 10 heteroatoms. The maximum Gasteiger partial charge on any atom is 0.257 e. The fraction of sp³-hybridized carbons (Fsp3) is 0.346. The first kappa shape index (κ1) is 25.4. The van der Waals surface area contributed by atoms with Crippen LogP contribution in [0, 0.1) is 6.92 Å². The lowest BCUT2D eigenvalue weighted by atomic mass is 10.1. The molecule has 9 nitrogen and oxygen atoms in total. The zero-order valence-corrected chi connectivity index (χ0v) is 21.4. The molecule has 0 saturated carbocycles. The topological polar surface area (TPSA) is 93.4 Å². The van der Waals surface area contributed by atoms with Crippen molar-refractivity contribution in [3.05, 3.63) is 76.1 Å². The number of rotatable bonds is 7. The molecule has 1 aromatic heterocycles. The number of para-hydroxylation sites is 1. The van der Waals surface area contributed by atoms with Crippen LogP contribution in [0.25, 0.3) is 6.08 Å². The summed E-state index contributed by atoms with van der Waals surface area (Å²) in [4.78, 5) is 30.2. The molecule has 0 unspecified atom stereocenters. The number of nitrogens with zero attached hydrogens (tertiary/aromatic N) is 6. The van der Waals surface area contributed by atoms with E-state index in [9.17, 15) is 9.59 Å². The third-order valence-electron chi connectivity index (χ3n) is 5.95. The number of hydrogen-bond acceptors (Lipinski definition) is 6. The van der Waals surface area contributed by atoms with Gasteiger partial charge in [0.1, 0.15) is 11.9 Å². The van der Waals surface area contributed by atoms with Crippen LogP contribution in [0.2, 0.25) is 5.02 Å². The van der Waals surface area contributed by atoms with Gasteiger partial charge in [-0.3, -0.25) is 9.59 Å². The summed E-state index contributed by atoms with van der Waals surface area (Å²) < 4.78 is 6.17. The molecule has 2 amide bonds. The van der Waals surface area contributed by atoms with Gasteiger partial charge in [-0.05, 0) is 53.6 Å². The van der Waals surface area contributed by atoms with Crippen molar-refractivity contribution in [2.45, 2.75) is 32.4 Å². The highest BCUT2D eigenvalue weighted by Crippen LogP contribution is 2.24. The first-order chi connectivity index (χ1) is 17.3. The molecule has 0 atom stereocenters. The van der Waals surface area contributed by atoms with Gasteiger partial charge >= 0.3 is 0 Å². The Labute approximate surface area is 215 Å². The number of likely N-dealkylation sites (tertiary alicyclic amines) is 1. The van der Waals surface area contributed by atoms with E-state index in [-0.39, 0.29) is 17.9 Å². The van der Waals surface area contributed by atoms with Gasteiger partial charge in [-0.25, -0.2) is 0 Å². The minimum atomic E-state index is -0.0975. The van der Waals surface area contributed by atoms with E-state index < -0.39 is 0 Å². The van der Waals surface area contributed by atoms with Gasteiger partial charge in [-0.15, -0.1) is 10.2 Å². The highest BCUT2D eigenvalue weighted by atomic mass is 35.5. The van der Waals surface area contributed by atoms with Gasteiger partial charge in [-0.1, -0.05) is 29.8 Å². The summed E-state index contributed by atoms with van der Waals surface area (Å²) in [6.07, 6.45) is 4.69. The fourth-order valence-corrected chi connectivity index (χ4v) is 4.24. The van der Waals surface area contributed by atoms with Gasteiger partial charge in [-0.2, -0.15) is 4.80 Å². The molecular weight excluding hydrogens is 480 g/mol. The maximum absolute atomic E-state index is 12.9. The SMILES string of the molecule is Cc1nnn(Cc2cc(Cl)ccc2C=CC(=O)N2CCC(Oc3ccccc3C(=O)N(C)C)CC2)n1. The van der Waals surface area contributed by atoms with Crippen LogP contribution in [0.5, 0.6) is 5.75 Å². The summed E-state index contributed by atoms with van der Waals surface area (Å²) in [5.41, 5.74) is 2.30. The van der Waals surface area contributed by atoms with E-state index in [1.807, 2.05) is 35.2 Å². The average molecular weight is 509 g/mol. The molecule has 188 valence electrons. The Morgan fingerprint density at radius 3 is 2.61 bits per heavy atom. The molecule has 1 aliphatic heterocycles. The highest BCUT2D eigenvalue weighted by molar-refractivity contribution is 6.30. The van der Waals surface area contributed by atoms with Crippen molar-refractivity contribution < 1.29 is 14.3 Å². The summed E-state index contributed by atoms with van der Waals surface area (Å²) in [5.74, 6) is 1.00. The minimum absolute atomic E-state index is 0.0596. The van der Waals surface area contributed by atoms with Gasteiger partial charge in [0.05, 0.1) is 12.1 Å². The van der Waals surface area contributed by atoms with Crippen molar-refractivity contribution in [1.82, 2.24) is 30.0 Å². The number of carbonyl (C=O) groups excluding carboxylic acids is 2. The molecule has 1 fully saturated rings. The summed E-state index contributed by atoms with van der Waals surface area (Å²) in [6, 6.07) is 12.8. The fourth-order valence-electron chi connectivity index (χ4n) is 4.04. The van der Waals surface area contributed by atoms with Crippen LogP contribution in [0.3, 0.4) is 0 Å². The Bertz CT molecular complexity index is 1260. The van der Waals surface area contributed by atoms with Crippen LogP contribution in [0.15, 0.2) is 48.5 Å². The molecule has 3 aromatic rings. The summed E-state index contributed by atoms with van der Waals surface area (Å²) in [7, 11) is 3.44. The molecule has 0 spiro atoms. The lowest BCUT2D eigenvalue weighted by Crippen LogP contribution is -2.41. The molecule has 0 N–H and O–H groups in total. The van der Waals surface area contributed by atoms with Gasteiger partial charge < -0.3 is 14.5 Å². The number of ether oxygens (including phenoxy) is 1. The number of benzene rings is 2. The van der Waals surface area contributed by atoms with E-state index in [1.165, 1.54) is 9.70 Å². The Balaban J connectivity index is 1.36. The Morgan fingerprint density at radius 2 is 1.92 bits per heavy atom. The standard InChI is InChI=1S/C26H29ClN6O3/c1-18-28-30-33(29-18)17-20-16-21(27)10-8-19(20)9-11-25(34)32-14-12-22(13-15-32)36-24-7-5-4-6-23(24)26(35)31(2)3/h4-11,16,22H,12-15,17H2,1-3H3. The zero-order chi connectivity index (χ0) is 25.7. The number of piperidine rings is 1. The normalized spacial score (nSPS) is 14.3. The van der Waals surface area contributed by atoms with Crippen LogP contribution in [-0.4, -0.2) is 75.1 Å². The van der Waals surface area contributed by atoms with E-state index in [0.29, 0.717) is 54.6 Å². The van der Waals surface area contributed by atoms with Crippen molar-refractivity contribution in [3.63, 3.8) is 0 Å². The van der Waals surface area contributed by atoms with E-state index >= 15 is 0 Å². The molecule has 0 aliphatic carbocycles. The predicted molar refractivity (Wildman–Crippen MR) is 137 cm³/mol. The van der Waals surface area contributed by atoms with Gasteiger partial charge in [0, 0.05) is 51.1 Å². The highest BCUT2D eigenvalue weighted by Gasteiger charge is 2.24. The van der Waals surface area contributed by atoms with Crippen LogP contribution < -0.4 is 4.74 Å². The van der Waals surface area contributed by atoms with Crippen LogP contribution in [0.1, 0.15) is 40.2 Å². The van der Waals surface area contributed by atoms with Crippen molar-refractivity contribution in [3.8, 4) is 5.75 Å². The third-order valence-corrected chi connectivity index (χ3v) is 6.18. The second kappa shape index (κ2) is 11.3. The number of hydrogen-bond donors (Lipinski definition) is 0. The maximum atomic E-state index is 12.9. The van der Waals surface area contributed by atoms with Gasteiger partial charge in [0.2, 0.25) is 5.91 Å². The average Bonchev–Trinajstić information content (AvgIpc) is 3.28. The largest absolute Gasteiger partial charge is 0.489 e. The zero-order valence-electron chi connectivity index (χ0n) is 20.6. The van der Waals surface area contributed by atoms with Crippen molar-refractivity contribution >= 4 is 29.5 Å². The number of aryl methyl sites for hydroxylation is 1. The van der Waals surface area contributed by atoms with E-state index in [2.05, 4.69) is 15.4 Å². The first-order valence-corrected chi connectivity index (χ1v) is 12.1. The quantitative estimate of drug-likeness (QED) is 0.454. The van der Waals surface area contributed by atoms with Crippen LogP contribution in [-0.2, 0) is 11.3 Å². The van der Waals surface area contributed by atoms with Crippen LogP contribution in [0.4, 0.5) is 0 Å². The van der Waals surface area contributed by atoms with E-state index in [0.717, 1.165) is 11.1 Å². The van der Waals surface area contributed by atoms with Crippen molar-refractivity contribution in [1.29, 1.82) is 0 Å². The second-order valence-electron chi connectivity index (χ2n) is 8.88. The molecule has 36 heavy (non-hydrogen) atoms. The summed E-state index contributed by atoms with van der Waals surface area (Å²) in [5, 5.41) is 12.7. The Hall–Kier alpha value is -3.72. The van der Waals surface area contributed by atoms with Crippen molar-refractivity contribution in [2.24, 2.45) is 0 Å². The molecular formula is C26H29ClN6O3. The van der Waals surface area contributed by atoms with Gasteiger partial charge in [0.15, 0.2) is 5.82 Å². The minimum Gasteiger partial charge on any atom is -0.489 e. The second-order valence-corrected chi connectivity index (χ2v) is 9.32. The molecule has 0 bridgehead atoms. The van der Waals surface area contributed by atoms with E-state index in [4.69, 9.17) is 16.3 Å².